The van der Waals surface area contributed by atoms with Crippen molar-refractivity contribution in [1.82, 2.24) is 0 Å². The molecule has 0 saturated heterocycles. The Morgan fingerprint density at radius 3 is 2.32 bits per heavy atom. The molecule has 0 spiro atoms. The lowest BCUT2D eigenvalue weighted by atomic mass is 9.72. The zero-order chi connectivity index (χ0) is 29.3. The van der Waals surface area contributed by atoms with Crippen LogP contribution in [-0.4, -0.2) is 18.3 Å². The van der Waals surface area contributed by atoms with Crippen LogP contribution in [0.4, 0.5) is 0 Å². The molecule has 2 aliphatic heterocycles. The summed E-state index contributed by atoms with van der Waals surface area (Å²) in [6.07, 6.45) is 7.21. The van der Waals surface area contributed by atoms with Crippen molar-refractivity contribution in [1.29, 1.82) is 0 Å². The minimum absolute atomic E-state index is 0.107. The van der Waals surface area contributed by atoms with Gasteiger partial charge in [0.15, 0.2) is 0 Å². The van der Waals surface area contributed by atoms with E-state index in [-0.39, 0.29) is 5.92 Å². The Morgan fingerprint density at radius 1 is 0.927 bits per heavy atom. The van der Waals surface area contributed by atoms with Gasteiger partial charge in [-0.05, 0) is 75.9 Å². The molecule has 4 aromatic rings. The second-order valence-electron chi connectivity index (χ2n) is 12.4. The lowest BCUT2D eigenvalue weighted by Gasteiger charge is -2.47. The highest BCUT2D eigenvalue weighted by molar-refractivity contribution is 5.93. The minimum Gasteiger partial charge on any atom is -0.496 e. The number of methoxy groups -OCH3 is 1. The van der Waals surface area contributed by atoms with Crippen molar-refractivity contribution >= 4 is 28.0 Å². The van der Waals surface area contributed by atoms with Crippen molar-refractivity contribution in [2.45, 2.75) is 70.0 Å². The first kappa shape index (κ1) is 26.9. The van der Waals surface area contributed by atoms with Crippen molar-refractivity contribution in [2.24, 2.45) is 0 Å². The topological polar surface area (TPSA) is 88.1 Å². The molecule has 0 aliphatic carbocycles. The molecule has 7 nitrogen and oxygen atoms in total. The lowest BCUT2D eigenvalue weighted by Crippen LogP contribution is -2.43. The van der Waals surface area contributed by atoms with Crippen LogP contribution in [0, 0.1) is 0 Å². The fraction of sp³-hybridized carbons (Fsp3) is 0.353. The second-order valence-corrected chi connectivity index (χ2v) is 12.4. The van der Waals surface area contributed by atoms with E-state index in [0.29, 0.717) is 40.4 Å². The van der Waals surface area contributed by atoms with E-state index in [1.807, 2.05) is 51.1 Å². The summed E-state index contributed by atoms with van der Waals surface area (Å²) in [7, 11) is 1.59. The number of fused-ring (bicyclic) bond motifs is 3. The van der Waals surface area contributed by atoms with Gasteiger partial charge in [-0.2, -0.15) is 0 Å². The molecular formula is C34H34O7. The molecule has 212 valence electrons. The van der Waals surface area contributed by atoms with Gasteiger partial charge in [-0.1, -0.05) is 19.9 Å². The highest BCUT2D eigenvalue weighted by Crippen LogP contribution is 2.58. The summed E-state index contributed by atoms with van der Waals surface area (Å²) >= 11 is 0. The normalized spacial score (nSPS) is 21.4. The van der Waals surface area contributed by atoms with Gasteiger partial charge >= 0.3 is 11.3 Å². The molecule has 2 aromatic heterocycles. The van der Waals surface area contributed by atoms with E-state index in [1.54, 1.807) is 19.2 Å². The van der Waals surface area contributed by atoms with Gasteiger partial charge in [0.25, 0.3) is 0 Å². The summed E-state index contributed by atoms with van der Waals surface area (Å²) in [5, 5.41) is 1.51. The van der Waals surface area contributed by atoms with Crippen molar-refractivity contribution in [2.75, 3.05) is 7.11 Å². The Morgan fingerprint density at radius 2 is 1.61 bits per heavy atom. The largest absolute Gasteiger partial charge is 0.496 e. The molecular weight excluding hydrogens is 520 g/mol. The molecule has 0 bridgehead atoms. The summed E-state index contributed by atoms with van der Waals surface area (Å²) < 4.78 is 30.6. The Bertz CT molecular complexity index is 1870. The number of ether oxygens (including phenoxy) is 3. The average molecular weight is 555 g/mol. The number of benzene rings is 2. The van der Waals surface area contributed by atoms with E-state index in [0.717, 1.165) is 28.3 Å². The van der Waals surface area contributed by atoms with Crippen LogP contribution < -0.4 is 25.5 Å². The second kappa shape index (κ2) is 9.13. The highest BCUT2D eigenvalue weighted by Gasteiger charge is 2.47. The Kier molecular flexibility index (Phi) is 6.00. The van der Waals surface area contributed by atoms with Crippen molar-refractivity contribution in [3.63, 3.8) is 0 Å². The third-order valence-corrected chi connectivity index (χ3v) is 8.30. The molecule has 0 unspecified atom stereocenters. The Hall–Kier alpha value is -4.26. The molecule has 0 radical (unpaired) electrons. The first-order chi connectivity index (χ1) is 19.3. The van der Waals surface area contributed by atoms with Crippen LogP contribution in [-0.2, 0) is 5.41 Å². The molecule has 0 saturated carbocycles. The third-order valence-electron chi connectivity index (χ3n) is 8.30. The quantitative estimate of drug-likeness (QED) is 0.189. The lowest BCUT2D eigenvalue weighted by molar-refractivity contribution is 0.0319. The predicted octanol–water partition coefficient (Wildman–Crippen LogP) is 7.27. The van der Waals surface area contributed by atoms with E-state index < -0.39 is 27.9 Å². The number of hydrogen-bond donors (Lipinski definition) is 0. The summed E-state index contributed by atoms with van der Waals surface area (Å²) in [5.74, 6) is 2.05. The van der Waals surface area contributed by atoms with E-state index in [4.69, 9.17) is 23.0 Å². The third kappa shape index (κ3) is 4.44. The maximum absolute atomic E-state index is 12.5. The van der Waals surface area contributed by atoms with Crippen LogP contribution in [0.5, 0.6) is 17.2 Å². The first-order valence-electron chi connectivity index (χ1n) is 13.8. The smallest absolute Gasteiger partial charge is 0.336 e. The van der Waals surface area contributed by atoms with Crippen LogP contribution >= 0.6 is 0 Å². The number of rotatable bonds is 5. The standard InChI is InChI=1S/C34H34O7/c1-8-32(2,3)27-30-22(11-14-25(36)39-30)29-26-20(17-33(4,5)40-31(26)27)18-34(6,41-29)16-15-21-23(37-7)12-9-19-10-13-24(35)38-28(19)21/h8-16,20H,1,17-18H2,2-7H3/b16-15+/t20-,34-/m0/s1. The monoisotopic (exact) mass is 554 g/mol. The van der Waals surface area contributed by atoms with Crippen LogP contribution in [0.3, 0.4) is 0 Å². The van der Waals surface area contributed by atoms with Crippen LogP contribution in [0.25, 0.3) is 28.0 Å². The van der Waals surface area contributed by atoms with Crippen molar-refractivity contribution < 1.29 is 23.0 Å². The van der Waals surface area contributed by atoms with Gasteiger partial charge in [-0.3, -0.25) is 0 Å². The van der Waals surface area contributed by atoms with Gasteiger partial charge in [0.1, 0.15) is 39.6 Å². The Balaban J connectivity index is 1.57. The van der Waals surface area contributed by atoms with Crippen LogP contribution in [0.1, 0.15) is 70.1 Å². The minimum atomic E-state index is -0.747. The molecule has 0 fully saturated rings. The highest BCUT2D eigenvalue weighted by atomic mass is 16.5. The van der Waals surface area contributed by atoms with Gasteiger partial charge in [0, 0.05) is 34.1 Å². The van der Waals surface area contributed by atoms with Crippen molar-refractivity contribution in [3.8, 4) is 17.2 Å². The summed E-state index contributed by atoms with van der Waals surface area (Å²) in [6, 6.07) is 10.0. The van der Waals surface area contributed by atoms with Gasteiger partial charge in [0.05, 0.1) is 18.1 Å². The van der Waals surface area contributed by atoms with Gasteiger partial charge in [-0.25, -0.2) is 9.59 Å². The van der Waals surface area contributed by atoms with E-state index in [1.165, 1.54) is 12.1 Å². The molecule has 2 aromatic carbocycles. The van der Waals surface area contributed by atoms with Gasteiger partial charge in [0.2, 0.25) is 0 Å². The molecule has 4 heterocycles. The molecule has 0 N–H and O–H groups in total. The van der Waals surface area contributed by atoms with Crippen LogP contribution in [0.15, 0.2) is 73.6 Å². The maximum atomic E-state index is 12.5. The van der Waals surface area contributed by atoms with Gasteiger partial charge in [-0.15, -0.1) is 6.58 Å². The molecule has 2 atom stereocenters. The molecule has 6 rings (SSSR count). The summed E-state index contributed by atoms with van der Waals surface area (Å²) in [6.45, 7) is 14.3. The SMILES string of the molecule is C=CC(C)(C)c1c2c3c(c4ccc(=O)oc14)O[C@@](C)(/C=C/c1c(OC)ccc4ccc(=O)oc14)C[C@@H]3CC(C)(C)O2. The summed E-state index contributed by atoms with van der Waals surface area (Å²) in [4.78, 5) is 24.6. The Labute approximate surface area is 238 Å². The molecule has 41 heavy (non-hydrogen) atoms. The van der Waals surface area contributed by atoms with Crippen LogP contribution in [0.2, 0.25) is 0 Å². The fourth-order valence-electron chi connectivity index (χ4n) is 6.33. The van der Waals surface area contributed by atoms with Crippen molar-refractivity contribution in [3.05, 3.63) is 92.7 Å². The summed E-state index contributed by atoms with van der Waals surface area (Å²) in [5.41, 5.74) is 0.725. The molecule has 0 amide bonds. The van der Waals surface area contributed by atoms with E-state index >= 15 is 0 Å². The van der Waals surface area contributed by atoms with E-state index in [2.05, 4.69) is 20.4 Å². The number of allylic oxidation sites excluding steroid dienone is 1. The fourth-order valence-corrected chi connectivity index (χ4v) is 6.33. The number of hydrogen-bond acceptors (Lipinski definition) is 7. The first-order valence-corrected chi connectivity index (χ1v) is 13.8. The predicted molar refractivity (Wildman–Crippen MR) is 159 cm³/mol. The molecule has 2 aliphatic rings. The maximum Gasteiger partial charge on any atom is 0.336 e. The zero-order valence-electron chi connectivity index (χ0n) is 24.3. The average Bonchev–Trinajstić information content (AvgIpc) is 2.90. The zero-order valence-corrected chi connectivity index (χ0v) is 24.3. The molecule has 7 heteroatoms. The van der Waals surface area contributed by atoms with Gasteiger partial charge < -0.3 is 23.0 Å². The van der Waals surface area contributed by atoms with E-state index in [9.17, 15) is 9.59 Å².